The Hall–Kier alpha value is -3.33. The molecule has 0 aliphatic rings. The Bertz CT molecular complexity index is 1230. The minimum atomic E-state index is -4.38. The number of ether oxygens (including phenoxy) is 1. The summed E-state index contributed by atoms with van der Waals surface area (Å²) in [5.74, 6) is -0.719. The molecule has 1 atom stereocenters. The van der Waals surface area contributed by atoms with Crippen LogP contribution in [0.15, 0.2) is 54.6 Å². The van der Waals surface area contributed by atoms with Crippen molar-refractivity contribution in [3.63, 3.8) is 0 Å². The van der Waals surface area contributed by atoms with Crippen molar-refractivity contribution in [1.29, 1.82) is 0 Å². The normalized spacial score (nSPS) is 12.8. The number of amides is 1. The lowest BCUT2D eigenvalue weighted by atomic mass is 9.88. The highest BCUT2D eigenvalue weighted by Crippen LogP contribution is 2.41. The summed E-state index contributed by atoms with van der Waals surface area (Å²) in [6, 6.07) is 14.0. The standard InChI is InChI=1S/C27H28F3NO4S/c1-16-15-19(9-10-20(16)17-5-7-18(8-6-17)27(28,29)30)35-24(26(2,3)4)21-11-12-22(36-21)25(34)31-14-13-23(32)33/h5-12,15,24H,13-14H2,1-4H3,(H,31,34)(H,32,33). The number of halogens is 3. The monoisotopic (exact) mass is 519 g/mol. The van der Waals surface area contributed by atoms with Gasteiger partial charge in [0.15, 0.2) is 0 Å². The number of rotatable bonds is 8. The van der Waals surface area contributed by atoms with Crippen molar-refractivity contribution in [1.82, 2.24) is 5.32 Å². The van der Waals surface area contributed by atoms with E-state index in [0.717, 1.165) is 28.1 Å². The van der Waals surface area contributed by atoms with Gasteiger partial charge in [-0.2, -0.15) is 13.2 Å². The van der Waals surface area contributed by atoms with Gasteiger partial charge < -0.3 is 15.2 Å². The predicted octanol–water partition coefficient (Wildman–Crippen LogP) is 7.11. The van der Waals surface area contributed by atoms with E-state index in [2.05, 4.69) is 5.32 Å². The lowest BCUT2D eigenvalue weighted by Crippen LogP contribution is -2.25. The highest BCUT2D eigenvalue weighted by molar-refractivity contribution is 7.14. The van der Waals surface area contributed by atoms with Crippen LogP contribution in [0.1, 0.15) is 59.0 Å². The lowest BCUT2D eigenvalue weighted by Gasteiger charge is -2.30. The van der Waals surface area contributed by atoms with Crippen LogP contribution in [0.25, 0.3) is 11.1 Å². The third-order valence-electron chi connectivity index (χ3n) is 5.50. The molecule has 1 amide bonds. The number of carboxylic acid groups (broad SMARTS) is 1. The van der Waals surface area contributed by atoms with Crippen LogP contribution in [0.5, 0.6) is 5.75 Å². The van der Waals surface area contributed by atoms with Gasteiger partial charge in [0.05, 0.1) is 16.9 Å². The van der Waals surface area contributed by atoms with Crippen molar-refractivity contribution in [2.45, 2.75) is 46.4 Å². The molecule has 192 valence electrons. The number of aryl methyl sites for hydroxylation is 1. The van der Waals surface area contributed by atoms with Gasteiger partial charge in [-0.15, -0.1) is 11.3 Å². The number of alkyl halides is 3. The van der Waals surface area contributed by atoms with E-state index < -0.39 is 17.7 Å². The SMILES string of the molecule is Cc1cc(OC(c2ccc(C(=O)NCCC(=O)O)s2)C(C)(C)C)ccc1-c1ccc(C(F)(F)F)cc1. The molecule has 0 saturated heterocycles. The Morgan fingerprint density at radius 2 is 1.69 bits per heavy atom. The average molecular weight is 520 g/mol. The second kappa shape index (κ2) is 10.7. The fourth-order valence-corrected chi connectivity index (χ4v) is 4.86. The summed E-state index contributed by atoms with van der Waals surface area (Å²) < 4.78 is 45.0. The number of hydrogen-bond acceptors (Lipinski definition) is 4. The van der Waals surface area contributed by atoms with Crippen LogP contribution in [0.2, 0.25) is 0 Å². The highest BCUT2D eigenvalue weighted by atomic mass is 32.1. The predicted molar refractivity (Wildman–Crippen MR) is 133 cm³/mol. The molecule has 3 rings (SSSR count). The van der Waals surface area contributed by atoms with Crippen LogP contribution >= 0.6 is 11.3 Å². The molecule has 0 spiro atoms. The molecular formula is C27H28F3NO4S. The molecule has 9 heteroatoms. The molecule has 1 unspecified atom stereocenters. The molecule has 1 aromatic heterocycles. The zero-order chi connectivity index (χ0) is 26.7. The Morgan fingerprint density at radius 1 is 1.03 bits per heavy atom. The van der Waals surface area contributed by atoms with Gasteiger partial charge in [-0.1, -0.05) is 39.0 Å². The molecular weight excluding hydrogens is 491 g/mol. The van der Waals surface area contributed by atoms with Crippen molar-refractivity contribution < 1.29 is 32.6 Å². The second-order valence-electron chi connectivity index (χ2n) is 9.52. The van der Waals surface area contributed by atoms with E-state index in [0.29, 0.717) is 16.2 Å². The van der Waals surface area contributed by atoms with Crippen molar-refractivity contribution in [2.24, 2.45) is 5.41 Å². The molecule has 5 nitrogen and oxygen atoms in total. The quantitative estimate of drug-likeness (QED) is 0.332. The summed E-state index contributed by atoms with van der Waals surface area (Å²) in [4.78, 5) is 24.3. The Kier molecular flexibility index (Phi) is 8.13. The summed E-state index contributed by atoms with van der Waals surface area (Å²) in [6.45, 7) is 7.98. The Balaban J connectivity index is 1.79. The van der Waals surface area contributed by atoms with E-state index in [4.69, 9.17) is 9.84 Å². The fraction of sp³-hybridized carbons (Fsp3) is 0.333. The van der Waals surface area contributed by atoms with Gasteiger partial charge in [0, 0.05) is 16.8 Å². The molecule has 0 bridgehead atoms. The number of thiophene rings is 1. The van der Waals surface area contributed by atoms with Crippen LogP contribution in [0.3, 0.4) is 0 Å². The van der Waals surface area contributed by atoms with Crippen molar-refractivity contribution in [3.8, 4) is 16.9 Å². The van der Waals surface area contributed by atoms with E-state index in [-0.39, 0.29) is 30.4 Å². The molecule has 0 aliphatic heterocycles. The average Bonchev–Trinajstić information content (AvgIpc) is 3.26. The molecule has 36 heavy (non-hydrogen) atoms. The molecule has 3 aromatic rings. The van der Waals surface area contributed by atoms with E-state index in [9.17, 15) is 22.8 Å². The zero-order valence-electron chi connectivity index (χ0n) is 20.4. The van der Waals surface area contributed by atoms with Crippen LogP contribution in [-0.4, -0.2) is 23.5 Å². The molecule has 0 saturated carbocycles. The smallest absolute Gasteiger partial charge is 0.416 e. The van der Waals surface area contributed by atoms with Crippen LogP contribution in [0.4, 0.5) is 13.2 Å². The van der Waals surface area contributed by atoms with Gasteiger partial charge in [0.1, 0.15) is 11.9 Å². The van der Waals surface area contributed by atoms with E-state index in [1.165, 1.54) is 23.5 Å². The topological polar surface area (TPSA) is 75.6 Å². The van der Waals surface area contributed by atoms with Gasteiger partial charge in [0.25, 0.3) is 5.91 Å². The Labute approximate surface area is 211 Å². The molecule has 0 aliphatic carbocycles. The third kappa shape index (κ3) is 6.87. The number of aliphatic carboxylic acids is 1. The number of carbonyl (C=O) groups is 2. The van der Waals surface area contributed by atoms with Crippen molar-refractivity contribution >= 4 is 23.2 Å². The maximum atomic E-state index is 12.9. The first kappa shape index (κ1) is 27.3. The van der Waals surface area contributed by atoms with Gasteiger partial charge in [-0.05, 0) is 60.0 Å². The summed E-state index contributed by atoms with van der Waals surface area (Å²) in [7, 11) is 0. The second-order valence-corrected chi connectivity index (χ2v) is 10.6. The minimum absolute atomic E-state index is 0.0468. The number of carboxylic acids is 1. The molecule has 2 aromatic carbocycles. The molecule has 0 fully saturated rings. The van der Waals surface area contributed by atoms with Crippen LogP contribution < -0.4 is 10.1 Å². The minimum Gasteiger partial charge on any atom is -0.484 e. The summed E-state index contributed by atoms with van der Waals surface area (Å²) in [5.41, 5.74) is 1.32. The number of carbonyl (C=O) groups excluding carboxylic acids is 1. The van der Waals surface area contributed by atoms with Gasteiger partial charge in [-0.25, -0.2) is 0 Å². The first-order chi connectivity index (χ1) is 16.8. The summed E-state index contributed by atoms with van der Waals surface area (Å²) in [5, 5.41) is 11.3. The van der Waals surface area contributed by atoms with E-state index in [1.54, 1.807) is 12.1 Å². The molecule has 0 radical (unpaired) electrons. The number of nitrogens with one attached hydrogen (secondary N) is 1. The third-order valence-corrected chi connectivity index (χ3v) is 6.62. The van der Waals surface area contributed by atoms with Crippen molar-refractivity contribution in [2.75, 3.05) is 6.54 Å². The van der Waals surface area contributed by atoms with E-state index in [1.807, 2.05) is 45.9 Å². The van der Waals surface area contributed by atoms with Crippen LogP contribution in [0, 0.1) is 12.3 Å². The largest absolute Gasteiger partial charge is 0.484 e. The fourth-order valence-electron chi connectivity index (χ4n) is 3.66. The van der Waals surface area contributed by atoms with Gasteiger partial charge in [0.2, 0.25) is 0 Å². The zero-order valence-corrected chi connectivity index (χ0v) is 21.2. The van der Waals surface area contributed by atoms with Gasteiger partial charge in [-0.3, -0.25) is 9.59 Å². The molecule has 1 heterocycles. The van der Waals surface area contributed by atoms with Crippen molar-refractivity contribution in [3.05, 3.63) is 75.5 Å². The maximum absolute atomic E-state index is 12.9. The van der Waals surface area contributed by atoms with Gasteiger partial charge >= 0.3 is 12.1 Å². The van der Waals surface area contributed by atoms with Crippen LogP contribution in [-0.2, 0) is 11.0 Å². The van der Waals surface area contributed by atoms with E-state index >= 15 is 0 Å². The highest BCUT2D eigenvalue weighted by Gasteiger charge is 2.31. The molecule has 2 N–H and O–H groups in total. The number of benzene rings is 2. The maximum Gasteiger partial charge on any atom is 0.416 e. The first-order valence-electron chi connectivity index (χ1n) is 11.3. The lowest BCUT2D eigenvalue weighted by molar-refractivity contribution is -0.138. The number of hydrogen-bond donors (Lipinski definition) is 2. The summed E-state index contributed by atoms with van der Waals surface area (Å²) >= 11 is 1.29. The summed E-state index contributed by atoms with van der Waals surface area (Å²) in [6.07, 6.45) is -4.91. The first-order valence-corrected chi connectivity index (χ1v) is 12.1. The Morgan fingerprint density at radius 3 is 2.25 bits per heavy atom.